The lowest BCUT2D eigenvalue weighted by Crippen LogP contribution is -2.56. The summed E-state index contributed by atoms with van der Waals surface area (Å²) in [5.41, 5.74) is 0.0895. The molecule has 27 heavy (non-hydrogen) atoms. The molecular weight excluding hydrogens is 344 g/mol. The van der Waals surface area contributed by atoms with Crippen molar-refractivity contribution in [1.29, 1.82) is 0 Å². The normalized spacial score (nSPS) is 50.7. The van der Waals surface area contributed by atoms with Gasteiger partial charge in [0.2, 0.25) is 0 Å². The molecule has 0 aromatic heterocycles. The molecule has 1 saturated heterocycles. The summed E-state index contributed by atoms with van der Waals surface area (Å²) in [6.45, 7) is 5.33. The van der Waals surface area contributed by atoms with Gasteiger partial charge in [-0.05, 0) is 74.5 Å². The van der Waals surface area contributed by atoms with Crippen LogP contribution in [-0.4, -0.2) is 42.3 Å². The molecule has 0 bridgehead atoms. The summed E-state index contributed by atoms with van der Waals surface area (Å²) in [5.74, 6) is 2.19. The van der Waals surface area contributed by atoms with E-state index in [1.165, 1.54) is 19.8 Å². The van der Waals surface area contributed by atoms with Crippen molar-refractivity contribution in [2.75, 3.05) is 13.2 Å². The summed E-state index contributed by atoms with van der Waals surface area (Å²) >= 11 is 0. The number of hydrogen-bond acceptors (Lipinski definition) is 5. The first-order valence-electron chi connectivity index (χ1n) is 11.1. The van der Waals surface area contributed by atoms with Gasteiger partial charge in [0.05, 0.1) is 19.3 Å². The van der Waals surface area contributed by atoms with Crippen LogP contribution in [-0.2, 0) is 19.0 Å². The lowest BCUT2D eigenvalue weighted by atomic mass is 9.49. The summed E-state index contributed by atoms with van der Waals surface area (Å²) in [6, 6.07) is 0. The number of esters is 1. The maximum atomic E-state index is 11.4. The summed E-state index contributed by atoms with van der Waals surface area (Å²) in [5, 5.41) is 11.1. The standard InChI is InChI=1S/C22H34O5/c1-13(23)27-14-3-4-15-16-5-7-21(2)19(6-8-22(21)25-9-10-26-22)17(16)12-20(24)18(15)11-14/h14-20,24H,3-12H2,1-2H3/t14-,15+,16+,17+,18?,19-,20?,21-/m0/s1. The number of carbonyl (C=O) groups is 1. The zero-order valence-electron chi connectivity index (χ0n) is 16.7. The number of carbonyl (C=O) groups excluding carboxylic acids is 1. The Labute approximate surface area is 162 Å². The molecule has 0 aromatic rings. The highest BCUT2D eigenvalue weighted by Crippen LogP contribution is 2.67. The molecule has 1 heterocycles. The molecule has 0 aromatic carbocycles. The van der Waals surface area contributed by atoms with Crippen molar-refractivity contribution >= 4 is 5.97 Å². The Balaban J connectivity index is 1.36. The van der Waals surface area contributed by atoms with Crippen molar-refractivity contribution in [1.82, 2.24) is 0 Å². The largest absolute Gasteiger partial charge is 0.463 e. The van der Waals surface area contributed by atoms with Gasteiger partial charge in [-0.15, -0.1) is 0 Å². The molecule has 1 N–H and O–H groups in total. The minimum Gasteiger partial charge on any atom is -0.463 e. The highest BCUT2D eigenvalue weighted by Gasteiger charge is 2.66. The molecule has 5 rings (SSSR count). The minimum atomic E-state index is -0.364. The molecule has 0 amide bonds. The molecule has 2 unspecified atom stereocenters. The Kier molecular flexibility index (Phi) is 4.38. The van der Waals surface area contributed by atoms with E-state index in [-0.39, 0.29) is 29.4 Å². The van der Waals surface area contributed by atoms with Gasteiger partial charge in [0.15, 0.2) is 5.79 Å². The average molecular weight is 379 g/mol. The zero-order valence-corrected chi connectivity index (χ0v) is 16.7. The van der Waals surface area contributed by atoms with E-state index in [1.807, 2.05) is 0 Å². The van der Waals surface area contributed by atoms with Crippen LogP contribution in [0.2, 0.25) is 0 Å². The van der Waals surface area contributed by atoms with Crippen LogP contribution in [0.3, 0.4) is 0 Å². The highest BCUT2D eigenvalue weighted by atomic mass is 16.7. The van der Waals surface area contributed by atoms with Crippen LogP contribution in [0, 0.1) is 35.0 Å². The molecular formula is C22H34O5. The fourth-order valence-electron chi connectivity index (χ4n) is 8.03. The molecule has 152 valence electrons. The fraction of sp³-hybridized carbons (Fsp3) is 0.955. The second-order valence-corrected chi connectivity index (χ2v) is 10.1. The first-order valence-corrected chi connectivity index (χ1v) is 11.1. The van der Waals surface area contributed by atoms with E-state index < -0.39 is 0 Å². The Hall–Kier alpha value is -0.650. The van der Waals surface area contributed by atoms with Crippen LogP contribution >= 0.6 is 0 Å². The first-order chi connectivity index (χ1) is 12.9. The summed E-state index contributed by atoms with van der Waals surface area (Å²) in [7, 11) is 0. The average Bonchev–Trinajstić information content (AvgIpc) is 3.22. The summed E-state index contributed by atoms with van der Waals surface area (Å²) < 4.78 is 17.9. The lowest BCUT2D eigenvalue weighted by Gasteiger charge is -2.58. The molecule has 4 aliphatic carbocycles. The Bertz CT molecular complexity index is 600. The van der Waals surface area contributed by atoms with Crippen molar-refractivity contribution < 1.29 is 24.1 Å². The maximum absolute atomic E-state index is 11.4. The molecule has 0 radical (unpaired) electrons. The molecule has 5 aliphatic rings. The molecule has 8 atom stereocenters. The summed E-state index contributed by atoms with van der Waals surface area (Å²) in [4.78, 5) is 11.4. The van der Waals surface area contributed by atoms with Gasteiger partial charge >= 0.3 is 5.97 Å². The van der Waals surface area contributed by atoms with Gasteiger partial charge in [0, 0.05) is 18.8 Å². The van der Waals surface area contributed by atoms with Gasteiger partial charge in [-0.3, -0.25) is 4.79 Å². The van der Waals surface area contributed by atoms with Crippen LogP contribution in [0.5, 0.6) is 0 Å². The second kappa shape index (κ2) is 6.43. The smallest absolute Gasteiger partial charge is 0.302 e. The number of fused-ring (bicyclic) bond motifs is 6. The van der Waals surface area contributed by atoms with Gasteiger partial charge in [-0.1, -0.05) is 6.92 Å². The van der Waals surface area contributed by atoms with Crippen molar-refractivity contribution in [3.8, 4) is 0 Å². The van der Waals surface area contributed by atoms with E-state index in [1.54, 1.807) is 0 Å². The van der Waals surface area contributed by atoms with Crippen LogP contribution < -0.4 is 0 Å². The van der Waals surface area contributed by atoms with Crippen molar-refractivity contribution in [3.63, 3.8) is 0 Å². The van der Waals surface area contributed by atoms with Gasteiger partial charge in [-0.25, -0.2) is 0 Å². The van der Waals surface area contributed by atoms with E-state index in [0.29, 0.717) is 29.6 Å². The minimum absolute atomic E-state index is 0.00107. The molecule has 5 nitrogen and oxygen atoms in total. The molecule has 5 fully saturated rings. The molecule has 1 spiro atoms. The van der Waals surface area contributed by atoms with Crippen LogP contribution in [0.15, 0.2) is 0 Å². The van der Waals surface area contributed by atoms with Gasteiger partial charge in [0.25, 0.3) is 0 Å². The van der Waals surface area contributed by atoms with Gasteiger partial charge in [-0.2, -0.15) is 0 Å². The third-order valence-electron chi connectivity index (χ3n) is 9.09. The first kappa shape index (κ1) is 18.4. The monoisotopic (exact) mass is 378 g/mol. The molecule has 5 heteroatoms. The van der Waals surface area contributed by atoms with Crippen LogP contribution in [0.25, 0.3) is 0 Å². The van der Waals surface area contributed by atoms with Gasteiger partial charge in [0.1, 0.15) is 6.10 Å². The topological polar surface area (TPSA) is 65.0 Å². The molecule has 4 saturated carbocycles. The van der Waals surface area contributed by atoms with Crippen molar-refractivity contribution in [2.45, 2.75) is 83.2 Å². The predicted molar refractivity (Wildman–Crippen MR) is 98.7 cm³/mol. The van der Waals surface area contributed by atoms with E-state index in [2.05, 4.69) is 6.92 Å². The Morgan fingerprint density at radius 1 is 0.963 bits per heavy atom. The van der Waals surface area contributed by atoms with E-state index in [0.717, 1.165) is 51.7 Å². The highest BCUT2D eigenvalue weighted by molar-refractivity contribution is 5.66. The van der Waals surface area contributed by atoms with Gasteiger partial charge < -0.3 is 19.3 Å². The van der Waals surface area contributed by atoms with Crippen molar-refractivity contribution in [2.24, 2.45) is 35.0 Å². The zero-order chi connectivity index (χ0) is 18.8. The number of hydrogen-bond donors (Lipinski definition) is 1. The maximum Gasteiger partial charge on any atom is 0.302 e. The number of rotatable bonds is 1. The van der Waals surface area contributed by atoms with E-state index in [9.17, 15) is 9.90 Å². The van der Waals surface area contributed by atoms with E-state index in [4.69, 9.17) is 14.2 Å². The quantitative estimate of drug-likeness (QED) is 0.710. The van der Waals surface area contributed by atoms with Crippen LogP contribution in [0.4, 0.5) is 0 Å². The Morgan fingerprint density at radius 3 is 2.44 bits per heavy atom. The van der Waals surface area contributed by atoms with Crippen LogP contribution in [0.1, 0.15) is 65.2 Å². The third-order valence-corrected chi connectivity index (χ3v) is 9.09. The second-order valence-electron chi connectivity index (χ2n) is 10.1. The third kappa shape index (κ3) is 2.64. The van der Waals surface area contributed by atoms with E-state index >= 15 is 0 Å². The number of aliphatic hydroxyl groups is 1. The van der Waals surface area contributed by atoms with Crippen molar-refractivity contribution in [3.05, 3.63) is 0 Å². The SMILES string of the molecule is CC(=O)O[C@H]1CC[C@H]2C(C1)C(O)C[C@@H]1[C@@H]2CC[C@@]2(C)[C@H]1CCC21OCCO1. The Morgan fingerprint density at radius 2 is 1.70 bits per heavy atom. The predicted octanol–water partition coefficient (Wildman–Crippen LogP) is 3.28. The number of aliphatic hydroxyl groups excluding tert-OH is 1. The lowest BCUT2D eigenvalue weighted by molar-refractivity contribution is -0.246. The summed E-state index contributed by atoms with van der Waals surface area (Å²) in [6.07, 6.45) is 8.08. The molecule has 1 aliphatic heterocycles. The fourth-order valence-corrected chi connectivity index (χ4v) is 8.03. The number of ether oxygens (including phenoxy) is 3.